The van der Waals surface area contributed by atoms with Crippen molar-refractivity contribution >= 4 is 36.4 Å². The lowest BCUT2D eigenvalue weighted by atomic mass is 10.1. The lowest BCUT2D eigenvalue weighted by Crippen LogP contribution is -2.35. The molecular weight excluding hydrogens is 327 g/mol. The van der Waals surface area contributed by atoms with E-state index in [1.54, 1.807) is 12.4 Å². The third kappa shape index (κ3) is 4.20. The lowest BCUT2D eigenvalue weighted by Gasteiger charge is -2.11. The molecule has 1 aromatic heterocycles. The molecule has 22 heavy (non-hydrogen) atoms. The van der Waals surface area contributed by atoms with Gasteiger partial charge in [-0.1, -0.05) is 12.1 Å². The minimum atomic E-state index is -0.444. The average molecular weight is 345 g/mol. The SMILES string of the molecule is Cl.Cl.O=C(Nc1cccc(-c2ncc[nH]2)c1)C1CC(O)CN1. The van der Waals surface area contributed by atoms with E-state index in [0.29, 0.717) is 18.7 Å². The minimum Gasteiger partial charge on any atom is -0.392 e. The van der Waals surface area contributed by atoms with E-state index in [-0.39, 0.29) is 36.8 Å². The molecule has 1 saturated heterocycles. The van der Waals surface area contributed by atoms with Crippen LogP contribution in [0.5, 0.6) is 0 Å². The molecule has 2 heterocycles. The number of nitrogens with one attached hydrogen (secondary N) is 3. The van der Waals surface area contributed by atoms with Gasteiger partial charge in [0.15, 0.2) is 0 Å². The normalized spacial score (nSPS) is 19.9. The number of anilines is 1. The summed E-state index contributed by atoms with van der Waals surface area (Å²) >= 11 is 0. The highest BCUT2D eigenvalue weighted by atomic mass is 35.5. The van der Waals surface area contributed by atoms with Crippen molar-refractivity contribution in [2.45, 2.75) is 18.6 Å². The van der Waals surface area contributed by atoms with Gasteiger partial charge in [0.05, 0.1) is 12.1 Å². The van der Waals surface area contributed by atoms with Crippen molar-refractivity contribution < 1.29 is 9.90 Å². The molecule has 1 amide bonds. The smallest absolute Gasteiger partial charge is 0.241 e. The number of amides is 1. The molecule has 0 spiro atoms. The van der Waals surface area contributed by atoms with Gasteiger partial charge < -0.3 is 20.7 Å². The molecule has 6 nitrogen and oxygen atoms in total. The number of halogens is 2. The number of aliphatic hydroxyl groups excluding tert-OH is 1. The zero-order valence-corrected chi connectivity index (χ0v) is 13.3. The highest BCUT2D eigenvalue weighted by Gasteiger charge is 2.27. The van der Waals surface area contributed by atoms with Crippen LogP contribution in [0.25, 0.3) is 11.4 Å². The Bertz CT molecular complexity index is 607. The first-order chi connectivity index (χ1) is 9.72. The molecule has 0 aliphatic carbocycles. The number of H-pyrrole nitrogens is 1. The Labute approximate surface area is 140 Å². The monoisotopic (exact) mass is 344 g/mol. The maximum absolute atomic E-state index is 12.0. The first-order valence-electron chi connectivity index (χ1n) is 6.54. The lowest BCUT2D eigenvalue weighted by molar-refractivity contribution is -0.117. The van der Waals surface area contributed by atoms with Crippen molar-refractivity contribution in [1.29, 1.82) is 0 Å². The fourth-order valence-corrected chi connectivity index (χ4v) is 2.31. The Hall–Kier alpha value is -1.60. The van der Waals surface area contributed by atoms with Crippen LogP contribution in [0.1, 0.15) is 6.42 Å². The Morgan fingerprint density at radius 1 is 1.36 bits per heavy atom. The second kappa shape index (κ2) is 8.14. The van der Waals surface area contributed by atoms with Crippen LogP contribution < -0.4 is 10.6 Å². The van der Waals surface area contributed by atoms with E-state index < -0.39 is 6.10 Å². The number of β-amino-alcohol motifs (C(OH)–C–C–N with tert-alkyl or cyclic N) is 1. The number of carbonyl (C=O) groups is 1. The van der Waals surface area contributed by atoms with Gasteiger partial charge in [-0.2, -0.15) is 0 Å². The van der Waals surface area contributed by atoms with Gasteiger partial charge in [-0.15, -0.1) is 24.8 Å². The molecule has 0 bridgehead atoms. The van der Waals surface area contributed by atoms with Crippen LogP contribution in [0.15, 0.2) is 36.7 Å². The quantitative estimate of drug-likeness (QED) is 0.680. The van der Waals surface area contributed by atoms with Crippen LogP contribution in [0, 0.1) is 0 Å². The molecule has 120 valence electrons. The van der Waals surface area contributed by atoms with E-state index in [1.807, 2.05) is 24.3 Å². The number of nitrogens with zero attached hydrogens (tertiary/aromatic N) is 1. The fourth-order valence-electron chi connectivity index (χ4n) is 2.31. The van der Waals surface area contributed by atoms with Gasteiger partial charge in [0.2, 0.25) is 5.91 Å². The maximum atomic E-state index is 12.0. The van der Waals surface area contributed by atoms with E-state index in [4.69, 9.17) is 0 Å². The van der Waals surface area contributed by atoms with Crippen molar-refractivity contribution in [1.82, 2.24) is 15.3 Å². The molecular formula is C14H18Cl2N4O2. The number of aliphatic hydroxyl groups is 1. The Kier molecular flexibility index (Phi) is 6.83. The van der Waals surface area contributed by atoms with Gasteiger partial charge in [0.25, 0.3) is 0 Å². The molecule has 0 saturated carbocycles. The minimum absolute atomic E-state index is 0. The molecule has 1 aliphatic heterocycles. The summed E-state index contributed by atoms with van der Waals surface area (Å²) in [6.07, 6.45) is 3.44. The van der Waals surface area contributed by atoms with E-state index in [0.717, 1.165) is 11.4 Å². The number of hydrogen-bond donors (Lipinski definition) is 4. The van der Waals surface area contributed by atoms with Crippen LogP contribution in [-0.2, 0) is 4.79 Å². The molecule has 2 unspecified atom stereocenters. The molecule has 8 heteroatoms. The molecule has 1 fully saturated rings. The summed E-state index contributed by atoms with van der Waals surface area (Å²) in [6, 6.07) is 7.14. The highest BCUT2D eigenvalue weighted by Crippen LogP contribution is 2.19. The summed E-state index contributed by atoms with van der Waals surface area (Å²) in [6.45, 7) is 0.463. The predicted molar refractivity (Wildman–Crippen MR) is 89.6 cm³/mol. The molecule has 4 N–H and O–H groups in total. The Morgan fingerprint density at radius 2 is 2.18 bits per heavy atom. The van der Waals surface area contributed by atoms with Gasteiger partial charge in [-0.3, -0.25) is 4.79 Å². The number of carbonyl (C=O) groups excluding carboxylic acids is 1. The van der Waals surface area contributed by atoms with Crippen molar-refractivity contribution in [3.05, 3.63) is 36.7 Å². The second-order valence-corrected chi connectivity index (χ2v) is 4.86. The van der Waals surface area contributed by atoms with E-state index in [2.05, 4.69) is 20.6 Å². The number of benzene rings is 1. The van der Waals surface area contributed by atoms with Crippen molar-refractivity contribution in [3.8, 4) is 11.4 Å². The van der Waals surface area contributed by atoms with Crippen molar-refractivity contribution in [3.63, 3.8) is 0 Å². The summed E-state index contributed by atoms with van der Waals surface area (Å²) < 4.78 is 0. The number of hydrogen-bond acceptors (Lipinski definition) is 4. The maximum Gasteiger partial charge on any atom is 0.241 e. The fraction of sp³-hybridized carbons (Fsp3) is 0.286. The molecule has 3 rings (SSSR count). The summed E-state index contributed by atoms with van der Waals surface area (Å²) in [7, 11) is 0. The Morgan fingerprint density at radius 3 is 2.82 bits per heavy atom. The van der Waals surface area contributed by atoms with Crippen LogP contribution in [0.2, 0.25) is 0 Å². The third-order valence-electron chi connectivity index (χ3n) is 3.33. The summed E-state index contributed by atoms with van der Waals surface area (Å²) in [4.78, 5) is 19.3. The van der Waals surface area contributed by atoms with Gasteiger partial charge in [-0.05, 0) is 18.6 Å². The summed E-state index contributed by atoms with van der Waals surface area (Å²) in [5, 5.41) is 15.3. The summed E-state index contributed by atoms with van der Waals surface area (Å²) in [5.74, 6) is 0.633. The van der Waals surface area contributed by atoms with Gasteiger partial charge >= 0.3 is 0 Å². The topological polar surface area (TPSA) is 90.0 Å². The van der Waals surface area contributed by atoms with E-state index in [9.17, 15) is 9.90 Å². The summed E-state index contributed by atoms with van der Waals surface area (Å²) in [5.41, 5.74) is 1.62. The van der Waals surface area contributed by atoms with E-state index in [1.165, 1.54) is 0 Å². The first kappa shape index (κ1) is 18.4. The van der Waals surface area contributed by atoms with Gasteiger partial charge in [0.1, 0.15) is 5.82 Å². The van der Waals surface area contributed by atoms with Crippen molar-refractivity contribution in [2.24, 2.45) is 0 Å². The number of aromatic nitrogens is 2. The largest absolute Gasteiger partial charge is 0.392 e. The van der Waals surface area contributed by atoms with E-state index >= 15 is 0 Å². The molecule has 2 aromatic rings. The standard InChI is InChI=1S/C14H16N4O2.2ClH/c19-11-7-12(17-8-11)14(20)18-10-3-1-2-9(6-10)13-15-4-5-16-13;;/h1-6,11-12,17,19H,7-8H2,(H,15,16)(H,18,20);2*1H. The number of rotatable bonds is 3. The molecule has 0 radical (unpaired) electrons. The van der Waals surface area contributed by atoms with Crippen LogP contribution in [0.4, 0.5) is 5.69 Å². The van der Waals surface area contributed by atoms with Gasteiger partial charge in [-0.25, -0.2) is 4.98 Å². The highest BCUT2D eigenvalue weighted by molar-refractivity contribution is 5.95. The first-order valence-corrected chi connectivity index (χ1v) is 6.54. The zero-order valence-electron chi connectivity index (χ0n) is 11.7. The van der Waals surface area contributed by atoms with Crippen LogP contribution in [-0.4, -0.2) is 39.7 Å². The van der Waals surface area contributed by atoms with Crippen LogP contribution in [0.3, 0.4) is 0 Å². The van der Waals surface area contributed by atoms with Crippen LogP contribution >= 0.6 is 24.8 Å². The second-order valence-electron chi connectivity index (χ2n) is 4.86. The average Bonchev–Trinajstić information content (AvgIpc) is 3.10. The predicted octanol–water partition coefficient (Wildman–Crippen LogP) is 1.58. The Balaban J connectivity index is 0.00000121. The number of imidazole rings is 1. The zero-order chi connectivity index (χ0) is 13.9. The van der Waals surface area contributed by atoms with Gasteiger partial charge in [0, 0.05) is 30.2 Å². The number of aromatic amines is 1. The van der Waals surface area contributed by atoms with Crippen molar-refractivity contribution in [2.75, 3.05) is 11.9 Å². The third-order valence-corrected chi connectivity index (χ3v) is 3.33. The molecule has 1 aliphatic rings. The molecule has 1 aromatic carbocycles. The molecule has 2 atom stereocenters.